The first-order valence-corrected chi connectivity index (χ1v) is 6.98. The number of aliphatic hydroxyl groups excluding tert-OH is 1. The molecule has 0 aliphatic carbocycles. The Morgan fingerprint density at radius 2 is 2.11 bits per heavy atom. The minimum Gasteiger partial charge on any atom is -0.390 e. The molecule has 1 heterocycles. The average molecular weight is 284 g/mol. The Bertz CT molecular complexity index is 695. The summed E-state index contributed by atoms with van der Waals surface area (Å²) >= 11 is 0. The van der Waals surface area contributed by atoms with E-state index in [0.717, 1.165) is 0 Å². The monoisotopic (exact) mass is 284 g/mol. The molecule has 0 unspecified atom stereocenters. The second kappa shape index (κ2) is 5.02. The number of H-pyrrole nitrogens is 1. The summed E-state index contributed by atoms with van der Waals surface area (Å²) in [5.74, 6) is -0.396. The molecule has 2 aromatic rings. The minimum atomic E-state index is -3.75. The van der Waals surface area contributed by atoms with Crippen molar-refractivity contribution in [1.82, 2.24) is 4.98 Å². The van der Waals surface area contributed by atoms with Crippen LogP contribution in [0.2, 0.25) is 0 Å². The summed E-state index contributed by atoms with van der Waals surface area (Å²) in [5.41, 5.74) is 1.03. The molecule has 5 nitrogen and oxygen atoms in total. The maximum atomic E-state index is 13.1. The smallest absolute Gasteiger partial charge is 0.263 e. The number of anilines is 1. The fourth-order valence-electron chi connectivity index (χ4n) is 1.59. The highest BCUT2D eigenvalue weighted by molar-refractivity contribution is 7.92. The predicted molar refractivity (Wildman–Crippen MR) is 68.7 cm³/mol. The summed E-state index contributed by atoms with van der Waals surface area (Å²) in [5, 5.41) is 8.89. The Morgan fingerprint density at radius 1 is 1.37 bits per heavy atom. The van der Waals surface area contributed by atoms with E-state index in [2.05, 4.69) is 9.71 Å². The topological polar surface area (TPSA) is 82.2 Å². The van der Waals surface area contributed by atoms with Gasteiger partial charge in [0.1, 0.15) is 10.7 Å². The SMILES string of the molecule is Cc1cc(NS(=O)(=O)c2c[nH]c(CO)c2)ccc1F. The predicted octanol–water partition coefficient (Wildman–Crippen LogP) is 1.76. The molecule has 0 bridgehead atoms. The van der Waals surface area contributed by atoms with Gasteiger partial charge in [-0.05, 0) is 36.8 Å². The Labute approximate surface area is 110 Å². The number of benzene rings is 1. The number of aromatic amines is 1. The van der Waals surface area contributed by atoms with Gasteiger partial charge in [-0.1, -0.05) is 0 Å². The van der Waals surface area contributed by atoms with Gasteiger partial charge in [-0.3, -0.25) is 4.72 Å². The number of aryl methyl sites for hydroxylation is 1. The molecule has 0 saturated heterocycles. The van der Waals surface area contributed by atoms with Gasteiger partial charge < -0.3 is 10.1 Å². The first-order valence-electron chi connectivity index (χ1n) is 5.49. The van der Waals surface area contributed by atoms with E-state index in [0.29, 0.717) is 11.3 Å². The van der Waals surface area contributed by atoms with Crippen LogP contribution < -0.4 is 4.72 Å². The van der Waals surface area contributed by atoms with E-state index >= 15 is 0 Å². The Morgan fingerprint density at radius 3 is 2.68 bits per heavy atom. The molecule has 1 aromatic carbocycles. The minimum absolute atomic E-state index is 0.0125. The van der Waals surface area contributed by atoms with Crippen LogP contribution in [0.4, 0.5) is 10.1 Å². The summed E-state index contributed by atoms with van der Waals surface area (Å²) in [4.78, 5) is 2.65. The molecule has 1 aromatic heterocycles. The van der Waals surface area contributed by atoms with E-state index < -0.39 is 15.8 Å². The highest BCUT2D eigenvalue weighted by Gasteiger charge is 2.16. The van der Waals surface area contributed by atoms with Gasteiger partial charge in [-0.2, -0.15) is 0 Å². The molecule has 3 N–H and O–H groups in total. The molecular weight excluding hydrogens is 271 g/mol. The van der Waals surface area contributed by atoms with Gasteiger partial charge in [-0.15, -0.1) is 0 Å². The Balaban J connectivity index is 2.28. The molecule has 102 valence electrons. The third-order valence-corrected chi connectivity index (χ3v) is 3.97. The van der Waals surface area contributed by atoms with E-state index in [9.17, 15) is 12.8 Å². The van der Waals surface area contributed by atoms with Crippen molar-refractivity contribution in [3.8, 4) is 0 Å². The summed E-state index contributed by atoms with van der Waals surface area (Å²) in [6, 6.07) is 5.29. The van der Waals surface area contributed by atoms with E-state index in [-0.39, 0.29) is 17.2 Å². The molecule has 19 heavy (non-hydrogen) atoms. The summed E-state index contributed by atoms with van der Waals surface area (Å²) in [6.45, 7) is 1.28. The van der Waals surface area contributed by atoms with Gasteiger partial charge in [-0.25, -0.2) is 12.8 Å². The molecule has 0 saturated carbocycles. The molecule has 2 rings (SSSR count). The normalized spacial score (nSPS) is 11.5. The highest BCUT2D eigenvalue weighted by atomic mass is 32.2. The molecule has 0 radical (unpaired) electrons. The molecule has 0 spiro atoms. The quantitative estimate of drug-likeness (QED) is 0.800. The highest BCUT2D eigenvalue weighted by Crippen LogP contribution is 2.19. The fraction of sp³-hybridized carbons (Fsp3) is 0.167. The molecule has 0 aliphatic rings. The van der Waals surface area contributed by atoms with Gasteiger partial charge in [0.15, 0.2) is 0 Å². The van der Waals surface area contributed by atoms with E-state index in [4.69, 9.17) is 5.11 Å². The van der Waals surface area contributed by atoms with Crippen LogP contribution in [0, 0.1) is 12.7 Å². The van der Waals surface area contributed by atoms with Crippen LogP contribution in [0.3, 0.4) is 0 Å². The number of hydrogen-bond donors (Lipinski definition) is 3. The van der Waals surface area contributed by atoms with Crippen molar-refractivity contribution in [1.29, 1.82) is 0 Å². The van der Waals surface area contributed by atoms with E-state index in [1.54, 1.807) is 6.92 Å². The number of halogens is 1. The maximum Gasteiger partial charge on any atom is 0.263 e. The van der Waals surface area contributed by atoms with Crippen LogP contribution in [0.25, 0.3) is 0 Å². The van der Waals surface area contributed by atoms with Crippen molar-refractivity contribution in [2.45, 2.75) is 18.4 Å². The first-order chi connectivity index (χ1) is 8.92. The van der Waals surface area contributed by atoms with Crippen LogP contribution >= 0.6 is 0 Å². The maximum absolute atomic E-state index is 13.1. The standard InChI is InChI=1S/C12H13FN2O3S/c1-8-4-9(2-3-12(8)13)15-19(17,18)11-5-10(7-16)14-6-11/h2-6,14-16H,7H2,1H3. The second-order valence-corrected chi connectivity index (χ2v) is 5.77. The summed E-state index contributed by atoms with van der Waals surface area (Å²) < 4.78 is 39.5. The molecule has 0 amide bonds. The van der Waals surface area contributed by atoms with Gasteiger partial charge in [0, 0.05) is 17.6 Å². The zero-order chi connectivity index (χ0) is 14.0. The van der Waals surface area contributed by atoms with Gasteiger partial charge in [0.25, 0.3) is 10.0 Å². The Kier molecular flexibility index (Phi) is 3.59. The largest absolute Gasteiger partial charge is 0.390 e. The zero-order valence-electron chi connectivity index (χ0n) is 10.1. The molecule has 0 aliphatic heterocycles. The number of aromatic nitrogens is 1. The number of nitrogens with one attached hydrogen (secondary N) is 2. The van der Waals surface area contributed by atoms with E-state index in [1.807, 2.05) is 0 Å². The molecule has 7 heteroatoms. The molecular formula is C12H13FN2O3S. The first kappa shape index (κ1) is 13.6. The lowest BCUT2D eigenvalue weighted by molar-refractivity contribution is 0.277. The van der Waals surface area contributed by atoms with Crippen molar-refractivity contribution in [3.05, 3.63) is 47.5 Å². The summed E-state index contributed by atoms with van der Waals surface area (Å²) in [7, 11) is -3.75. The van der Waals surface area contributed by atoms with Gasteiger partial charge in [0.2, 0.25) is 0 Å². The van der Waals surface area contributed by atoms with Crippen LogP contribution in [0.15, 0.2) is 35.4 Å². The number of hydrogen-bond acceptors (Lipinski definition) is 3. The van der Waals surface area contributed by atoms with Crippen molar-refractivity contribution < 1.29 is 17.9 Å². The lowest BCUT2D eigenvalue weighted by atomic mass is 10.2. The van der Waals surface area contributed by atoms with Gasteiger partial charge >= 0.3 is 0 Å². The van der Waals surface area contributed by atoms with Crippen LogP contribution in [-0.4, -0.2) is 18.5 Å². The third kappa shape index (κ3) is 2.94. The van der Waals surface area contributed by atoms with Crippen molar-refractivity contribution in [3.63, 3.8) is 0 Å². The van der Waals surface area contributed by atoms with Crippen LogP contribution in [0.1, 0.15) is 11.3 Å². The fourth-order valence-corrected chi connectivity index (χ4v) is 2.65. The van der Waals surface area contributed by atoms with Crippen LogP contribution in [0.5, 0.6) is 0 Å². The second-order valence-electron chi connectivity index (χ2n) is 4.09. The van der Waals surface area contributed by atoms with Crippen molar-refractivity contribution >= 4 is 15.7 Å². The number of rotatable bonds is 4. The van der Waals surface area contributed by atoms with Crippen molar-refractivity contribution in [2.75, 3.05) is 4.72 Å². The van der Waals surface area contributed by atoms with Crippen molar-refractivity contribution in [2.24, 2.45) is 0 Å². The number of aliphatic hydroxyl groups is 1. The third-order valence-electron chi connectivity index (χ3n) is 2.61. The average Bonchev–Trinajstić information content (AvgIpc) is 2.83. The lowest BCUT2D eigenvalue weighted by Crippen LogP contribution is -2.12. The van der Waals surface area contributed by atoms with Crippen LogP contribution in [-0.2, 0) is 16.6 Å². The lowest BCUT2D eigenvalue weighted by Gasteiger charge is -2.07. The zero-order valence-corrected chi connectivity index (χ0v) is 11.0. The number of sulfonamides is 1. The Hall–Kier alpha value is -1.86. The molecule has 0 atom stereocenters. The summed E-state index contributed by atoms with van der Waals surface area (Å²) in [6.07, 6.45) is 1.28. The van der Waals surface area contributed by atoms with E-state index in [1.165, 1.54) is 30.5 Å². The molecule has 0 fully saturated rings. The van der Waals surface area contributed by atoms with Gasteiger partial charge in [0.05, 0.1) is 6.61 Å².